The van der Waals surface area contributed by atoms with Crippen LogP contribution in [0.3, 0.4) is 0 Å². The average molecular weight is 389 g/mol. The Bertz CT molecular complexity index is 862. The van der Waals surface area contributed by atoms with Crippen LogP contribution < -0.4 is 10.1 Å². The molecule has 1 heterocycles. The van der Waals surface area contributed by atoms with Gasteiger partial charge in [0.2, 0.25) is 15.9 Å². The summed E-state index contributed by atoms with van der Waals surface area (Å²) in [4.78, 5) is 14.3. The van der Waals surface area contributed by atoms with Gasteiger partial charge in [0.25, 0.3) is 0 Å². The molecule has 0 unspecified atom stereocenters. The SMILES string of the molecule is COc1ccc(S(=O)(=O)N2CCN(CC(=O)Nc3ccccc3)CC2)cc1. The predicted octanol–water partition coefficient (Wildman–Crippen LogP) is 1.64. The van der Waals surface area contributed by atoms with Gasteiger partial charge >= 0.3 is 0 Å². The quantitative estimate of drug-likeness (QED) is 0.813. The maximum absolute atomic E-state index is 12.7. The van der Waals surface area contributed by atoms with Gasteiger partial charge in [0, 0.05) is 31.9 Å². The molecule has 27 heavy (non-hydrogen) atoms. The van der Waals surface area contributed by atoms with E-state index in [0.717, 1.165) is 5.69 Å². The van der Waals surface area contributed by atoms with Gasteiger partial charge in [-0.25, -0.2) is 8.42 Å². The number of rotatable bonds is 6. The van der Waals surface area contributed by atoms with Gasteiger partial charge < -0.3 is 10.1 Å². The van der Waals surface area contributed by atoms with Gasteiger partial charge in [-0.2, -0.15) is 4.31 Å². The summed E-state index contributed by atoms with van der Waals surface area (Å²) in [6, 6.07) is 15.6. The average Bonchev–Trinajstić information content (AvgIpc) is 2.69. The molecule has 2 aromatic carbocycles. The van der Waals surface area contributed by atoms with E-state index in [2.05, 4.69) is 5.32 Å². The molecular weight excluding hydrogens is 366 g/mol. The van der Waals surface area contributed by atoms with Crippen molar-refractivity contribution in [1.29, 1.82) is 0 Å². The van der Waals surface area contributed by atoms with Crippen molar-refractivity contribution in [2.75, 3.05) is 45.2 Å². The first-order valence-corrected chi connectivity index (χ1v) is 10.1. The van der Waals surface area contributed by atoms with Crippen LogP contribution in [0.25, 0.3) is 0 Å². The molecule has 1 N–H and O–H groups in total. The molecule has 0 saturated carbocycles. The third-order valence-electron chi connectivity index (χ3n) is 4.45. The Morgan fingerprint density at radius 3 is 2.22 bits per heavy atom. The molecule has 1 amide bonds. The number of hydrogen-bond acceptors (Lipinski definition) is 5. The van der Waals surface area contributed by atoms with Crippen LogP contribution in [-0.4, -0.2) is 63.4 Å². The number of hydrogen-bond donors (Lipinski definition) is 1. The Morgan fingerprint density at radius 1 is 1.00 bits per heavy atom. The standard InChI is InChI=1S/C19H23N3O4S/c1-26-17-7-9-18(10-8-17)27(24,25)22-13-11-21(12-14-22)15-19(23)20-16-5-3-2-4-6-16/h2-10H,11-15H2,1H3,(H,20,23). The molecule has 1 aliphatic heterocycles. The molecule has 1 fully saturated rings. The zero-order chi connectivity index (χ0) is 19.3. The van der Waals surface area contributed by atoms with Crippen molar-refractivity contribution in [3.8, 4) is 5.75 Å². The van der Waals surface area contributed by atoms with Crippen LogP contribution in [0, 0.1) is 0 Å². The number of sulfonamides is 1. The largest absolute Gasteiger partial charge is 0.497 e. The number of ether oxygens (including phenoxy) is 1. The summed E-state index contributed by atoms with van der Waals surface area (Å²) in [7, 11) is -2.00. The van der Waals surface area contributed by atoms with Gasteiger partial charge in [-0.3, -0.25) is 9.69 Å². The van der Waals surface area contributed by atoms with Gasteiger partial charge in [0.1, 0.15) is 5.75 Å². The van der Waals surface area contributed by atoms with Crippen LogP contribution in [0.5, 0.6) is 5.75 Å². The number of methoxy groups -OCH3 is 1. The zero-order valence-corrected chi connectivity index (χ0v) is 16.0. The van der Waals surface area contributed by atoms with E-state index in [4.69, 9.17) is 4.74 Å². The Kier molecular flexibility index (Phi) is 6.10. The van der Waals surface area contributed by atoms with Crippen LogP contribution in [0.15, 0.2) is 59.5 Å². The highest BCUT2D eigenvalue weighted by Gasteiger charge is 2.29. The number of piperazine rings is 1. The fourth-order valence-corrected chi connectivity index (χ4v) is 4.37. The molecule has 3 rings (SSSR count). The zero-order valence-electron chi connectivity index (χ0n) is 15.2. The van der Waals surface area contributed by atoms with E-state index < -0.39 is 10.0 Å². The Labute approximate surface area is 159 Å². The predicted molar refractivity (Wildman–Crippen MR) is 103 cm³/mol. The second-order valence-electron chi connectivity index (χ2n) is 6.27. The number of para-hydroxylation sites is 1. The van der Waals surface area contributed by atoms with Crippen molar-refractivity contribution in [1.82, 2.24) is 9.21 Å². The van der Waals surface area contributed by atoms with Crippen molar-refractivity contribution in [2.24, 2.45) is 0 Å². The van der Waals surface area contributed by atoms with E-state index in [1.54, 1.807) is 24.3 Å². The van der Waals surface area contributed by atoms with Crippen molar-refractivity contribution >= 4 is 21.6 Å². The summed E-state index contributed by atoms with van der Waals surface area (Å²) in [6.07, 6.45) is 0. The lowest BCUT2D eigenvalue weighted by atomic mass is 10.3. The Balaban J connectivity index is 1.54. The third-order valence-corrected chi connectivity index (χ3v) is 6.37. The number of nitrogens with zero attached hydrogens (tertiary/aromatic N) is 2. The van der Waals surface area contributed by atoms with E-state index >= 15 is 0 Å². The second kappa shape index (κ2) is 8.51. The number of carbonyl (C=O) groups is 1. The number of benzene rings is 2. The summed E-state index contributed by atoms with van der Waals surface area (Å²) in [5.74, 6) is 0.510. The van der Waals surface area contributed by atoms with Gasteiger partial charge in [-0.15, -0.1) is 0 Å². The van der Waals surface area contributed by atoms with Crippen LogP contribution in [0.4, 0.5) is 5.69 Å². The maximum atomic E-state index is 12.7. The lowest BCUT2D eigenvalue weighted by molar-refractivity contribution is -0.117. The van der Waals surface area contributed by atoms with E-state index in [1.165, 1.54) is 11.4 Å². The normalized spacial score (nSPS) is 16.0. The summed E-state index contributed by atoms with van der Waals surface area (Å²) in [6.45, 7) is 1.97. The van der Waals surface area contributed by atoms with Crippen LogP contribution in [-0.2, 0) is 14.8 Å². The highest BCUT2D eigenvalue weighted by molar-refractivity contribution is 7.89. The van der Waals surface area contributed by atoms with Gasteiger partial charge in [0.05, 0.1) is 18.6 Å². The summed E-state index contributed by atoms with van der Waals surface area (Å²) in [5.41, 5.74) is 0.753. The first-order chi connectivity index (χ1) is 13.0. The topological polar surface area (TPSA) is 79.0 Å². The molecule has 1 aliphatic rings. The van der Waals surface area contributed by atoms with Crippen LogP contribution >= 0.6 is 0 Å². The first-order valence-electron chi connectivity index (χ1n) is 8.70. The molecule has 0 spiro atoms. The highest BCUT2D eigenvalue weighted by Crippen LogP contribution is 2.20. The van der Waals surface area contributed by atoms with Crippen LogP contribution in [0.1, 0.15) is 0 Å². The van der Waals surface area contributed by atoms with E-state index in [9.17, 15) is 13.2 Å². The van der Waals surface area contributed by atoms with E-state index in [1.807, 2.05) is 35.2 Å². The molecule has 0 radical (unpaired) electrons. The number of amides is 1. The van der Waals surface area contributed by atoms with Crippen LogP contribution in [0.2, 0.25) is 0 Å². The van der Waals surface area contributed by atoms with E-state index in [0.29, 0.717) is 31.9 Å². The van der Waals surface area contributed by atoms with Gasteiger partial charge in [-0.05, 0) is 36.4 Å². The molecule has 144 valence electrons. The van der Waals surface area contributed by atoms with Crippen molar-refractivity contribution in [3.63, 3.8) is 0 Å². The maximum Gasteiger partial charge on any atom is 0.243 e. The first kappa shape index (κ1) is 19.3. The Hall–Kier alpha value is -2.42. The summed E-state index contributed by atoms with van der Waals surface area (Å²) in [5, 5.41) is 2.84. The summed E-state index contributed by atoms with van der Waals surface area (Å²) < 4.78 is 32.0. The minimum Gasteiger partial charge on any atom is -0.497 e. The monoisotopic (exact) mass is 389 g/mol. The van der Waals surface area contributed by atoms with Gasteiger partial charge in [0.15, 0.2) is 0 Å². The molecule has 8 heteroatoms. The van der Waals surface area contributed by atoms with Crippen molar-refractivity contribution in [3.05, 3.63) is 54.6 Å². The molecule has 0 aromatic heterocycles. The molecule has 0 atom stereocenters. The molecule has 0 bridgehead atoms. The molecule has 7 nitrogen and oxygen atoms in total. The summed E-state index contributed by atoms with van der Waals surface area (Å²) >= 11 is 0. The fraction of sp³-hybridized carbons (Fsp3) is 0.316. The number of anilines is 1. The van der Waals surface area contributed by atoms with Crippen molar-refractivity contribution in [2.45, 2.75) is 4.90 Å². The van der Waals surface area contributed by atoms with Gasteiger partial charge in [-0.1, -0.05) is 18.2 Å². The lowest BCUT2D eigenvalue weighted by Gasteiger charge is -2.33. The minimum atomic E-state index is -3.54. The smallest absolute Gasteiger partial charge is 0.243 e. The molecular formula is C19H23N3O4S. The molecule has 1 saturated heterocycles. The highest BCUT2D eigenvalue weighted by atomic mass is 32.2. The Morgan fingerprint density at radius 2 is 1.63 bits per heavy atom. The molecule has 2 aromatic rings. The van der Waals surface area contributed by atoms with Crippen molar-refractivity contribution < 1.29 is 17.9 Å². The lowest BCUT2D eigenvalue weighted by Crippen LogP contribution is -2.50. The second-order valence-corrected chi connectivity index (χ2v) is 8.21. The number of carbonyl (C=O) groups excluding carboxylic acids is 1. The fourth-order valence-electron chi connectivity index (χ4n) is 2.95. The number of nitrogens with one attached hydrogen (secondary N) is 1. The third kappa shape index (κ3) is 4.85. The van der Waals surface area contributed by atoms with E-state index in [-0.39, 0.29) is 17.3 Å². The molecule has 0 aliphatic carbocycles. The minimum absolute atomic E-state index is 0.104.